The van der Waals surface area contributed by atoms with Crippen molar-refractivity contribution in [3.8, 4) is 11.3 Å². The van der Waals surface area contributed by atoms with Crippen LogP contribution in [0, 0.1) is 27.7 Å². The minimum Gasteiger partial charge on any atom is -0.261 e. The van der Waals surface area contributed by atoms with Crippen molar-refractivity contribution in [2.75, 3.05) is 7.05 Å². The molecule has 0 aliphatic heterocycles. The van der Waals surface area contributed by atoms with Gasteiger partial charge in [0.05, 0.1) is 11.9 Å². The lowest BCUT2D eigenvalue weighted by Gasteiger charge is -2.10. The van der Waals surface area contributed by atoms with Crippen LogP contribution >= 0.6 is 11.3 Å². The Balaban J connectivity index is 2.10. The zero-order valence-corrected chi connectivity index (χ0v) is 16.2. The summed E-state index contributed by atoms with van der Waals surface area (Å²) >= 11 is 1.61. The van der Waals surface area contributed by atoms with Gasteiger partial charge in [-0.05, 0) is 56.0 Å². The Kier molecular flexibility index (Phi) is 5.00. The smallest absolute Gasteiger partial charge is 0.205 e. The van der Waals surface area contributed by atoms with Crippen molar-refractivity contribution in [1.82, 2.24) is 4.68 Å². The molecule has 0 atom stereocenters. The van der Waals surface area contributed by atoms with Crippen LogP contribution in [0.3, 0.4) is 0 Å². The fourth-order valence-electron chi connectivity index (χ4n) is 2.76. The van der Waals surface area contributed by atoms with E-state index in [0.717, 1.165) is 16.1 Å². The van der Waals surface area contributed by atoms with Crippen LogP contribution in [0.4, 0.5) is 0 Å². The van der Waals surface area contributed by atoms with Crippen molar-refractivity contribution in [1.29, 1.82) is 0 Å². The molecule has 0 fully saturated rings. The third-order valence-electron chi connectivity index (χ3n) is 4.39. The quantitative estimate of drug-likeness (QED) is 0.604. The van der Waals surface area contributed by atoms with Gasteiger partial charge in [-0.15, -0.1) is 11.3 Å². The highest BCUT2D eigenvalue weighted by atomic mass is 32.1. The normalized spacial score (nSPS) is 12.3. The number of hydrogen-bond acceptors (Lipinski definition) is 3. The summed E-state index contributed by atoms with van der Waals surface area (Å²) in [6, 6.07) is 12.8. The summed E-state index contributed by atoms with van der Waals surface area (Å²) in [7, 11) is 1.81. The predicted octanol–water partition coefficient (Wildman–Crippen LogP) is 4.86. The first-order chi connectivity index (χ1) is 12.0. The molecule has 3 rings (SSSR count). The van der Waals surface area contributed by atoms with Crippen molar-refractivity contribution >= 4 is 17.6 Å². The molecule has 4 heteroatoms. The van der Waals surface area contributed by atoms with E-state index in [4.69, 9.17) is 5.10 Å². The number of benzene rings is 2. The molecule has 128 valence electrons. The standard InChI is InChI=1S/C21H23N3S/c1-14-6-8-18(9-7-14)12-23-24-20(13-25-21(24)22-5)19-11-16(3)15(2)10-17(19)4/h6-13H,1-5H3. The van der Waals surface area contributed by atoms with E-state index in [1.165, 1.54) is 27.8 Å². The number of hydrogen-bond donors (Lipinski definition) is 0. The first-order valence-electron chi connectivity index (χ1n) is 8.32. The maximum atomic E-state index is 4.71. The molecule has 1 heterocycles. The summed E-state index contributed by atoms with van der Waals surface area (Å²) in [5.74, 6) is 0. The predicted molar refractivity (Wildman–Crippen MR) is 108 cm³/mol. The van der Waals surface area contributed by atoms with Gasteiger partial charge in [0, 0.05) is 18.0 Å². The second-order valence-corrected chi connectivity index (χ2v) is 7.18. The molecule has 0 saturated carbocycles. The average Bonchev–Trinajstić information content (AvgIpc) is 3.00. The second kappa shape index (κ2) is 7.19. The summed E-state index contributed by atoms with van der Waals surface area (Å²) < 4.78 is 1.93. The van der Waals surface area contributed by atoms with Crippen molar-refractivity contribution < 1.29 is 0 Å². The van der Waals surface area contributed by atoms with Gasteiger partial charge in [0.15, 0.2) is 0 Å². The van der Waals surface area contributed by atoms with Crippen LogP contribution in [-0.2, 0) is 0 Å². The SMILES string of the molecule is CN=c1scc(-c2cc(C)c(C)cc2C)n1N=Cc1ccc(C)cc1. The van der Waals surface area contributed by atoms with Gasteiger partial charge in [-0.3, -0.25) is 4.99 Å². The van der Waals surface area contributed by atoms with Crippen LogP contribution < -0.4 is 4.80 Å². The molecule has 0 bridgehead atoms. The minimum absolute atomic E-state index is 0.885. The van der Waals surface area contributed by atoms with Crippen molar-refractivity contribution in [2.24, 2.45) is 10.1 Å². The summed E-state index contributed by atoms with van der Waals surface area (Å²) in [5, 5.41) is 6.85. The van der Waals surface area contributed by atoms with Crippen molar-refractivity contribution in [3.63, 3.8) is 0 Å². The molecule has 3 nitrogen and oxygen atoms in total. The molecule has 0 amide bonds. The highest BCUT2D eigenvalue weighted by molar-refractivity contribution is 7.07. The molecule has 0 radical (unpaired) electrons. The number of thiazole rings is 1. The molecule has 0 spiro atoms. The lowest BCUT2D eigenvalue weighted by atomic mass is 9.99. The zero-order chi connectivity index (χ0) is 18.0. The Labute approximate surface area is 153 Å². The van der Waals surface area contributed by atoms with E-state index >= 15 is 0 Å². The third kappa shape index (κ3) is 3.64. The van der Waals surface area contributed by atoms with Gasteiger partial charge in [0.25, 0.3) is 0 Å². The van der Waals surface area contributed by atoms with Gasteiger partial charge in [-0.25, -0.2) is 4.68 Å². The highest BCUT2D eigenvalue weighted by Gasteiger charge is 2.11. The van der Waals surface area contributed by atoms with Gasteiger partial charge >= 0.3 is 0 Å². The number of aryl methyl sites for hydroxylation is 4. The molecule has 0 saturated heterocycles. The molecular formula is C21H23N3S. The Bertz CT molecular complexity index is 989. The molecule has 2 aromatic carbocycles. The van der Waals surface area contributed by atoms with Crippen LogP contribution in [0.2, 0.25) is 0 Å². The van der Waals surface area contributed by atoms with E-state index in [2.05, 4.69) is 74.5 Å². The van der Waals surface area contributed by atoms with Crippen LogP contribution in [0.25, 0.3) is 11.3 Å². The largest absolute Gasteiger partial charge is 0.261 e. The van der Waals surface area contributed by atoms with Crippen LogP contribution in [-0.4, -0.2) is 17.9 Å². The average molecular weight is 350 g/mol. The molecule has 25 heavy (non-hydrogen) atoms. The third-order valence-corrected chi connectivity index (χ3v) is 5.30. The second-order valence-electron chi connectivity index (χ2n) is 6.35. The molecule has 0 aliphatic rings. The Morgan fingerprint density at radius 2 is 1.60 bits per heavy atom. The van der Waals surface area contributed by atoms with Gasteiger partial charge in [0.2, 0.25) is 4.80 Å². The monoisotopic (exact) mass is 349 g/mol. The fourth-order valence-corrected chi connectivity index (χ4v) is 3.56. The Morgan fingerprint density at radius 1 is 0.920 bits per heavy atom. The molecular weight excluding hydrogens is 326 g/mol. The van der Waals surface area contributed by atoms with Gasteiger partial charge < -0.3 is 0 Å². The summed E-state index contributed by atoms with van der Waals surface area (Å²) in [6.45, 7) is 8.53. The van der Waals surface area contributed by atoms with Crippen molar-refractivity contribution in [3.05, 3.63) is 74.4 Å². The number of aromatic nitrogens is 1. The fraction of sp³-hybridized carbons (Fsp3) is 0.238. The van der Waals surface area contributed by atoms with E-state index in [-0.39, 0.29) is 0 Å². The zero-order valence-electron chi connectivity index (χ0n) is 15.4. The van der Waals surface area contributed by atoms with E-state index in [1.54, 1.807) is 18.4 Å². The van der Waals surface area contributed by atoms with Crippen molar-refractivity contribution in [2.45, 2.75) is 27.7 Å². The minimum atomic E-state index is 0.885. The molecule has 0 aliphatic carbocycles. The first-order valence-corrected chi connectivity index (χ1v) is 9.20. The lowest BCUT2D eigenvalue weighted by Crippen LogP contribution is -2.12. The molecule has 3 aromatic rings. The topological polar surface area (TPSA) is 29.6 Å². The Morgan fingerprint density at radius 3 is 2.28 bits per heavy atom. The van der Waals surface area contributed by atoms with E-state index in [9.17, 15) is 0 Å². The van der Waals surface area contributed by atoms with Gasteiger partial charge in [-0.2, -0.15) is 5.10 Å². The molecule has 1 aromatic heterocycles. The van der Waals surface area contributed by atoms with Gasteiger partial charge in [0.1, 0.15) is 0 Å². The Hall–Kier alpha value is -2.46. The molecule has 0 unspecified atom stereocenters. The van der Waals surface area contributed by atoms with Gasteiger partial charge in [-0.1, -0.05) is 35.9 Å². The first kappa shape index (κ1) is 17.4. The van der Waals surface area contributed by atoms with E-state index in [0.29, 0.717) is 0 Å². The van der Waals surface area contributed by atoms with E-state index < -0.39 is 0 Å². The maximum absolute atomic E-state index is 4.71. The summed E-state index contributed by atoms with van der Waals surface area (Å²) in [6.07, 6.45) is 1.89. The van der Waals surface area contributed by atoms with Crippen LogP contribution in [0.1, 0.15) is 27.8 Å². The number of rotatable bonds is 3. The summed E-state index contributed by atoms with van der Waals surface area (Å²) in [4.78, 5) is 5.27. The lowest BCUT2D eigenvalue weighted by molar-refractivity contribution is 0.847. The molecule has 0 N–H and O–H groups in total. The highest BCUT2D eigenvalue weighted by Crippen LogP contribution is 2.27. The van der Waals surface area contributed by atoms with E-state index in [1.807, 2.05) is 10.9 Å². The number of nitrogens with zero attached hydrogens (tertiary/aromatic N) is 3. The maximum Gasteiger partial charge on any atom is 0.205 e. The van der Waals surface area contributed by atoms with Crippen LogP contribution in [0.15, 0.2) is 51.9 Å². The summed E-state index contributed by atoms with van der Waals surface area (Å²) in [5.41, 5.74) is 8.46. The van der Waals surface area contributed by atoms with Crippen LogP contribution in [0.5, 0.6) is 0 Å².